The van der Waals surface area contributed by atoms with E-state index in [4.69, 9.17) is 0 Å². The summed E-state index contributed by atoms with van der Waals surface area (Å²) in [5.74, 6) is -0.522. The highest BCUT2D eigenvalue weighted by atomic mass is 19.1. The van der Waals surface area contributed by atoms with Crippen molar-refractivity contribution in [2.24, 2.45) is 0 Å². The lowest BCUT2D eigenvalue weighted by Crippen LogP contribution is -2.54. The van der Waals surface area contributed by atoms with Gasteiger partial charge in [-0.1, -0.05) is 0 Å². The Morgan fingerprint density at radius 3 is 2.62 bits per heavy atom. The molecule has 0 radical (unpaired) electrons. The maximum atomic E-state index is 14.4. The minimum atomic E-state index is -0.564. The van der Waals surface area contributed by atoms with Crippen LogP contribution >= 0.6 is 0 Å². The average molecular weight is 434 g/mol. The van der Waals surface area contributed by atoms with Crippen LogP contribution in [0.2, 0.25) is 0 Å². The molecule has 1 aromatic carbocycles. The SMILES string of the molecule is Cc1nc2c(F)cc(NC(=O)c3ccc(N4CC(C)NC(C)C4)c4nccnc34)cn2n1. The van der Waals surface area contributed by atoms with Gasteiger partial charge in [-0.3, -0.25) is 14.8 Å². The molecular weight excluding hydrogens is 411 g/mol. The van der Waals surface area contributed by atoms with E-state index in [1.807, 2.05) is 6.07 Å². The maximum Gasteiger partial charge on any atom is 0.257 e. The number of amides is 1. The van der Waals surface area contributed by atoms with Crippen LogP contribution in [0.15, 0.2) is 36.8 Å². The summed E-state index contributed by atoms with van der Waals surface area (Å²) in [5.41, 5.74) is 2.85. The Labute approximate surface area is 183 Å². The standard InChI is InChI=1S/C22H23FN8O/c1-12-9-30(10-13(2)26-12)18-5-4-16(19-20(18)25-7-6-24-19)22(32)28-15-8-17(23)21-27-14(3)29-31(21)11-15/h4-8,11-13,26H,9-10H2,1-3H3,(H,28,32). The average Bonchev–Trinajstić information content (AvgIpc) is 3.13. The first kappa shape index (κ1) is 20.3. The van der Waals surface area contributed by atoms with Crippen molar-refractivity contribution < 1.29 is 9.18 Å². The largest absolute Gasteiger partial charge is 0.367 e. The van der Waals surface area contributed by atoms with Crippen LogP contribution in [0.25, 0.3) is 16.7 Å². The molecular formula is C22H23FN8O. The van der Waals surface area contributed by atoms with Gasteiger partial charge in [-0.15, -0.1) is 0 Å². The summed E-state index contributed by atoms with van der Waals surface area (Å²) in [5, 5.41) is 10.4. The highest BCUT2D eigenvalue weighted by Crippen LogP contribution is 2.28. The Morgan fingerprint density at radius 1 is 1.16 bits per heavy atom. The Bertz CT molecular complexity index is 1330. The molecule has 1 aliphatic rings. The zero-order valence-corrected chi connectivity index (χ0v) is 18.0. The number of anilines is 2. The summed E-state index contributed by atoms with van der Waals surface area (Å²) in [4.78, 5) is 28.4. The van der Waals surface area contributed by atoms with Gasteiger partial charge in [0.2, 0.25) is 0 Å². The summed E-state index contributed by atoms with van der Waals surface area (Å²) in [7, 11) is 0. The van der Waals surface area contributed by atoms with Gasteiger partial charge >= 0.3 is 0 Å². The number of piperazine rings is 1. The van der Waals surface area contributed by atoms with Gasteiger partial charge in [-0.05, 0) is 32.9 Å². The van der Waals surface area contributed by atoms with Gasteiger partial charge in [0, 0.05) is 43.6 Å². The molecule has 4 aromatic rings. The topological polar surface area (TPSA) is 100 Å². The summed E-state index contributed by atoms with van der Waals surface area (Å²) in [6, 6.07) is 5.54. The number of rotatable bonds is 3. The van der Waals surface area contributed by atoms with Crippen LogP contribution < -0.4 is 15.5 Å². The first-order chi connectivity index (χ1) is 15.4. The lowest BCUT2D eigenvalue weighted by Gasteiger charge is -2.38. The first-order valence-electron chi connectivity index (χ1n) is 10.5. The first-order valence-corrected chi connectivity index (χ1v) is 10.5. The number of carbonyl (C=O) groups excluding carboxylic acids is 1. The van der Waals surface area contributed by atoms with Crippen LogP contribution in [0.1, 0.15) is 30.0 Å². The molecule has 9 nitrogen and oxygen atoms in total. The third kappa shape index (κ3) is 3.62. The van der Waals surface area contributed by atoms with Gasteiger partial charge in [0.15, 0.2) is 11.5 Å². The van der Waals surface area contributed by atoms with Crippen LogP contribution in [0, 0.1) is 12.7 Å². The van der Waals surface area contributed by atoms with Gasteiger partial charge in [-0.25, -0.2) is 13.9 Å². The molecule has 4 heterocycles. The van der Waals surface area contributed by atoms with Gasteiger partial charge in [0.1, 0.15) is 16.9 Å². The van der Waals surface area contributed by atoms with E-state index in [0.29, 0.717) is 34.5 Å². The minimum Gasteiger partial charge on any atom is -0.367 e. The molecule has 0 aliphatic carbocycles. The zero-order chi connectivity index (χ0) is 22.4. The van der Waals surface area contributed by atoms with E-state index >= 15 is 0 Å². The van der Waals surface area contributed by atoms with Gasteiger partial charge < -0.3 is 15.5 Å². The summed E-state index contributed by atoms with van der Waals surface area (Å²) in [6.07, 6.45) is 4.72. The Hall–Kier alpha value is -3.66. The number of pyridine rings is 1. The zero-order valence-electron chi connectivity index (χ0n) is 18.0. The van der Waals surface area contributed by atoms with E-state index in [1.54, 1.807) is 25.4 Å². The molecule has 1 aliphatic heterocycles. The Balaban J connectivity index is 1.50. The molecule has 0 saturated carbocycles. The number of aromatic nitrogens is 5. The predicted molar refractivity (Wildman–Crippen MR) is 119 cm³/mol. The van der Waals surface area contributed by atoms with Crippen molar-refractivity contribution in [2.45, 2.75) is 32.9 Å². The van der Waals surface area contributed by atoms with Crippen LogP contribution in [0.5, 0.6) is 0 Å². The molecule has 5 rings (SSSR count). The van der Waals surface area contributed by atoms with E-state index in [0.717, 1.165) is 18.8 Å². The number of hydrogen-bond acceptors (Lipinski definition) is 7. The number of hydrogen-bond donors (Lipinski definition) is 2. The Kier molecular flexibility index (Phi) is 4.93. The molecule has 2 atom stereocenters. The van der Waals surface area contributed by atoms with Crippen LogP contribution in [0.3, 0.4) is 0 Å². The highest BCUT2D eigenvalue weighted by molar-refractivity contribution is 6.13. The number of aryl methyl sites for hydroxylation is 1. The highest BCUT2D eigenvalue weighted by Gasteiger charge is 2.24. The van der Waals surface area contributed by atoms with Crippen molar-refractivity contribution >= 4 is 34.0 Å². The van der Waals surface area contributed by atoms with E-state index in [2.05, 4.69) is 49.4 Å². The van der Waals surface area contributed by atoms with Crippen molar-refractivity contribution in [2.75, 3.05) is 23.3 Å². The van der Waals surface area contributed by atoms with Crippen LogP contribution in [0.4, 0.5) is 15.8 Å². The van der Waals surface area contributed by atoms with Crippen molar-refractivity contribution in [3.63, 3.8) is 0 Å². The van der Waals surface area contributed by atoms with E-state index in [-0.39, 0.29) is 11.3 Å². The van der Waals surface area contributed by atoms with Gasteiger partial charge in [-0.2, -0.15) is 5.10 Å². The van der Waals surface area contributed by atoms with Gasteiger partial charge in [0.25, 0.3) is 5.91 Å². The lowest BCUT2D eigenvalue weighted by atomic mass is 10.1. The molecule has 2 unspecified atom stereocenters. The monoisotopic (exact) mass is 434 g/mol. The maximum absolute atomic E-state index is 14.4. The number of benzene rings is 1. The quantitative estimate of drug-likeness (QED) is 0.511. The third-order valence-electron chi connectivity index (χ3n) is 5.50. The van der Waals surface area contributed by atoms with Crippen molar-refractivity contribution in [1.29, 1.82) is 0 Å². The number of nitrogens with zero attached hydrogens (tertiary/aromatic N) is 6. The fourth-order valence-electron chi connectivity index (χ4n) is 4.32. The molecule has 0 spiro atoms. The third-order valence-corrected chi connectivity index (χ3v) is 5.50. The van der Waals surface area contributed by atoms with Crippen molar-refractivity contribution in [1.82, 2.24) is 29.9 Å². The lowest BCUT2D eigenvalue weighted by molar-refractivity contribution is 0.102. The number of fused-ring (bicyclic) bond motifs is 2. The summed E-state index contributed by atoms with van der Waals surface area (Å²) in [6.45, 7) is 7.63. The summed E-state index contributed by atoms with van der Waals surface area (Å²) >= 11 is 0. The molecule has 164 valence electrons. The van der Waals surface area contributed by atoms with Crippen molar-refractivity contribution in [3.05, 3.63) is 54.0 Å². The molecule has 32 heavy (non-hydrogen) atoms. The van der Waals surface area contributed by atoms with E-state index in [1.165, 1.54) is 16.8 Å². The van der Waals surface area contributed by atoms with E-state index in [9.17, 15) is 9.18 Å². The molecule has 1 saturated heterocycles. The van der Waals surface area contributed by atoms with E-state index < -0.39 is 11.7 Å². The van der Waals surface area contributed by atoms with Gasteiger partial charge in [0.05, 0.1) is 23.1 Å². The number of halogens is 1. The number of nitrogens with one attached hydrogen (secondary N) is 2. The summed E-state index contributed by atoms with van der Waals surface area (Å²) < 4.78 is 15.7. The minimum absolute atomic E-state index is 0.112. The molecule has 1 amide bonds. The molecule has 10 heteroatoms. The fraction of sp³-hybridized carbons (Fsp3) is 0.318. The molecule has 2 N–H and O–H groups in total. The normalized spacial score (nSPS) is 18.9. The number of carbonyl (C=O) groups is 1. The fourth-order valence-corrected chi connectivity index (χ4v) is 4.32. The smallest absolute Gasteiger partial charge is 0.257 e. The predicted octanol–water partition coefficient (Wildman–Crippen LogP) is 2.56. The Morgan fingerprint density at radius 2 is 1.88 bits per heavy atom. The molecule has 0 bridgehead atoms. The van der Waals surface area contributed by atoms with Crippen LogP contribution in [-0.4, -0.2) is 55.6 Å². The molecule has 3 aromatic heterocycles. The molecule has 1 fully saturated rings. The second kappa shape index (κ2) is 7.79. The second-order valence-electron chi connectivity index (χ2n) is 8.22. The van der Waals surface area contributed by atoms with Crippen molar-refractivity contribution in [3.8, 4) is 0 Å². The van der Waals surface area contributed by atoms with Crippen LogP contribution in [-0.2, 0) is 0 Å². The second-order valence-corrected chi connectivity index (χ2v) is 8.22.